The number of rotatable bonds is 5. The summed E-state index contributed by atoms with van der Waals surface area (Å²) in [5, 5.41) is 9.38. The summed E-state index contributed by atoms with van der Waals surface area (Å²) < 4.78 is 5.60. The molecule has 0 aliphatic rings. The highest BCUT2D eigenvalue weighted by molar-refractivity contribution is 7.98. The molecule has 1 aromatic heterocycles. The van der Waals surface area contributed by atoms with Crippen LogP contribution in [-0.4, -0.2) is 10.2 Å². The van der Waals surface area contributed by atoms with Gasteiger partial charge >= 0.3 is 0 Å². The standard InChI is InChI=1S/C13H16ClN3OS.ClH/c1-8(2)11(15)12-16-17-13(18-12)19-7-9-5-3-4-6-10(9)14;/h3-6,8,11H,7,15H2,1-2H3;1H/t11-;/m0./s1. The van der Waals surface area contributed by atoms with Crippen LogP contribution >= 0.6 is 23.4 Å². The molecule has 20 heavy (non-hydrogen) atoms. The molecule has 0 aliphatic carbocycles. The molecule has 0 bridgehead atoms. The number of benzene rings is 1. The van der Waals surface area contributed by atoms with E-state index in [4.69, 9.17) is 16.0 Å². The van der Waals surface area contributed by atoms with Crippen LogP contribution in [0.25, 0.3) is 0 Å². The summed E-state index contributed by atoms with van der Waals surface area (Å²) in [7, 11) is 0. The molecule has 2 rings (SSSR count). The second-order valence-corrected chi connectivity index (χ2v) is 5.97. The van der Waals surface area contributed by atoms with Crippen molar-refractivity contribution in [1.82, 2.24) is 10.2 Å². The zero-order valence-corrected chi connectivity index (χ0v) is 13.7. The van der Waals surface area contributed by atoms with Crippen LogP contribution in [0.4, 0.5) is 0 Å². The second kappa shape index (κ2) is 7.88. The highest BCUT2D eigenvalue weighted by Crippen LogP contribution is 2.27. The third-order valence-corrected chi connectivity index (χ3v) is 4.09. The maximum Gasteiger partial charge on any atom is 0.277 e. The van der Waals surface area contributed by atoms with E-state index in [1.165, 1.54) is 11.8 Å². The van der Waals surface area contributed by atoms with E-state index in [0.717, 1.165) is 10.6 Å². The Labute approximate surface area is 133 Å². The van der Waals surface area contributed by atoms with Crippen molar-refractivity contribution in [2.75, 3.05) is 0 Å². The van der Waals surface area contributed by atoms with Crippen LogP contribution in [0.2, 0.25) is 5.02 Å². The van der Waals surface area contributed by atoms with Gasteiger partial charge in [0.1, 0.15) is 0 Å². The third kappa shape index (κ3) is 4.38. The minimum Gasteiger partial charge on any atom is -1.00 e. The molecule has 7 heteroatoms. The summed E-state index contributed by atoms with van der Waals surface area (Å²) in [6, 6.07) is 7.78. The van der Waals surface area contributed by atoms with E-state index in [-0.39, 0.29) is 18.4 Å². The largest absolute Gasteiger partial charge is 1.00 e. The summed E-state index contributed by atoms with van der Waals surface area (Å²) in [6.07, 6.45) is 0. The molecule has 4 nitrogen and oxygen atoms in total. The van der Waals surface area contributed by atoms with Gasteiger partial charge < -0.3 is 22.6 Å². The molecular formula is C13H17Cl2N3OS. The Kier molecular flexibility index (Phi) is 6.82. The van der Waals surface area contributed by atoms with Gasteiger partial charge in [0.25, 0.3) is 11.1 Å². The summed E-state index contributed by atoms with van der Waals surface area (Å²) in [5.74, 6) is 1.68. The molecule has 1 atom stereocenters. The van der Waals surface area contributed by atoms with Gasteiger partial charge in [0, 0.05) is 16.7 Å². The van der Waals surface area contributed by atoms with Crippen molar-refractivity contribution in [3.05, 3.63) is 40.7 Å². The van der Waals surface area contributed by atoms with Crippen LogP contribution in [0, 0.1) is 5.92 Å². The smallest absolute Gasteiger partial charge is 0.277 e. The van der Waals surface area contributed by atoms with Gasteiger partial charge in [-0.2, -0.15) is 0 Å². The van der Waals surface area contributed by atoms with Crippen molar-refractivity contribution in [2.24, 2.45) is 5.92 Å². The Morgan fingerprint density at radius 3 is 2.65 bits per heavy atom. The fourth-order valence-electron chi connectivity index (χ4n) is 1.47. The van der Waals surface area contributed by atoms with E-state index in [9.17, 15) is 0 Å². The molecule has 0 saturated carbocycles. The van der Waals surface area contributed by atoms with Crippen molar-refractivity contribution in [3.63, 3.8) is 0 Å². The van der Waals surface area contributed by atoms with E-state index in [1.807, 2.05) is 24.3 Å². The zero-order valence-electron chi connectivity index (χ0n) is 11.3. The second-order valence-electron chi connectivity index (χ2n) is 4.64. The minimum absolute atomic E-state index is 0. The molecule has 0 spiro atoms. The molecule has 1 aromatic carbocycles. The number of quaternary nitrogens is 1. The van der Waals surface area contributed by atoms with Crippen molar-refractivity contribution >= 4 is 23.4 Å². The first-order chi connectivity index (χ1) is 9.08. The van der Waals surface area contributed by atoms with Crippen molar-refractivity contribution < 1.29 is 22.6 Å². The fourth-order valence-corrected chi connectivity index (χ4v) is 2.52. The van der Waals surface area contributed by atoms with Gasteiger partial charge in [-0.15, -0.1) is 10.2 Å². The normalized spacial score (nSPS) is 12.2. The fraction of sp³-hybridized carbons (Fsp3) is 0.385. The van der Waals surface area contributed by atoms with Crippen LogP contribution in [-0.2, 0) is 5.75 Å². The van der Waals surface area contributed by atoms with Crippen molar-refractivity contribution in [3.8, 4) is 0 Å². The van der Waals surface area contributed by atoms with E-state index in [1.54, 1.807) is 0 Å². The van der Waals surface area contributed by atoms with Crippen LogP contribution in [0.1, 0.15) is 31.3 Å². The summed E-state index contributed by atoms with van der Waals surface area (Å²) in [5.41, 5.74) is 5.09. The number of aromatic nitrogens is 2. The number of halogens is 2. The lowest BCUT2D eigenvalue weighted by atomic mass is 10.1. The van der Waals surface area contributed by atoms with Gasteiger partial charge in [-0.05, 0) is 11.6 Å². The molecule has 0 amide bonds. The predicted molar refractivity (Wildman–Crippen MR) is 75.8 cm³/mol. The first-order valence-corrected chi connectivity index (χ1v) is 7.47. The Morgan fingerprint density at radius 1 is 1.30 bits per heavy atom. The summed E-state index contributed by atoms with van der Waals surface area (Å²) >= 11 is 7.58. The molecule has 0 unspecified atom stereocenters. The first kappa shape index (κ1) is 17.3. The maximum absolute atomic E-state index is 6.10. The van der Waals surface area contributed by atoms with Gasteiger partial charge in [-0.3, -0.25) is 0 Å². The average Bonchev–Trinajstić information content (AvgIpc) is 2.85. The molecule has 1 heterocycles. The molecule has 3 N–H and O–H groups in total. The van der Waals surface area contributed by atoms with Crippen LogP contribution in [0.3, 0.4) is 0 Å². The molecule has 110 valence electrons. The first-order valence-electron chi connectivity index (χ1n) is 6.10. The molecule has 0 aliphatic heterocycles. The number of nitrogens with zero attached hydrogens (tertiary/aromatic N) is 2. The van der Waals surface area contributed by atoms with E-state index in [0.29, 0.717) is 22.8 Å². The topological polar surface area (TPSA) is 66.6 Å². The van der Waals surface area contributed by atoms with E-state index < -0.39 is 0 Å². The van der Waals surface area contributed by atoms with E-state index in [2.05, 4.69) is 29.8 Å². The molecule has 0 saturated heterocycles. The Bertz CT molecular complexity index is 548. The SMILES string of the molecule is CC(C)[C@H]([NH3+])c1nnc(SCc2ccccc2Cl)o1.[Cl-]. The highest BCUT2D eigenvalue weighted by Gasteiger charge is 2.21. The molecule has 2 aromatic rings. The van der Waals surface area contributed by atoms with Gasteiger partial charge in [0.2, 0.25) is 0 Å². The molecule has 0 radical (unpaired) electrons. The quantitative estimate of drug-likeness (QED) is 0.779. The van der Waals surface area contributed by atoms with Crippen LogP contribution < -0.4 is 18.1 Å². The lowest BCUT2D eigenvalue weighted by Gasteiger charge is -2.06. The molecule has 0 fully saturated rings. The maximum atomic E-state index is 6.10. The average molecular weight is 334 g/mol. The number of thioether (sulfide) groups is 1. The predicted octanol–water partition coefficient (Wildman–Crippen LogP) is -0.0417. The molecular weight excluding hydrogens is 317 g/mol. The van der Waals surface area contributed by atoms with Crippen LogP contribution in [0.15, 0.2) is 33.9 Å². The van der Waals surface area contributed by atoms with Gasteiger partial charge in [0.05, 0.1) is 0 Å². The lowest BCUT2D eigenvalue weighted by molar-refractivity contribution is -0.443. The van der Waals surface area contributed by atoms with Gasteiger partial charge in [-0.25, -0.2) is 0 Å². The van der Waals surface area contributed by atoms with E-state index >= 15 is 0 Å². The van der Waals surface area contributed by atoms with Crippen molar-refractivity contribution in [1.29, 1.82) is 0 Å². The number of hydrogen-bond donors (Lipinski definition) is 1. The Hall–Kier alpha value is -0.750. The lowest BCUT2D eigenvalue weighted by Crippen LogP contribution is -3.00. The summed E-state index contributed by atoms with van der Waals surface area (Å²) in [6.45, 7) is 4.16. The van der Waals surface area contributed by atoms with Gasteiger partial charge in [0.15, 0.2) is 6.04 Å². The van der Waals surface area contributed by atoms with Crippen molar-refractivity contribution in [2.45, 2.75) is 30.9 Å². The Morgan fingerprint density at radius 2 is 2.00 bits per heavy atom. The monoisotopic (exact) mass is 333 g/mol. The number of hydrogen-bond acceptors (Lipinski definition) is 4. The minimum atomic E-state index is 0. The highest BCUT2D eigenvalue weighted by atomic mass is 35.5. The van der Waals surface area contributed by atoms with Gasteiger partial charge in [-0.1, -0.05) is 55.4 Å². The summed E-state index contributed by atoms with van der Waals surface area (Å²) in [4.78, 5) is 0. The van der Waals surface area contributed by atoms with Crippen LogP contribution in [0.5, 0.6) is 0 Å². The zero-order chi connectivity index (χ0) is 13.8. The Balaban J connectivity index is 0.00000200. The third-order valence-electron chi connectivity index (χ3n) is 2.85.